The number of para-hydroxylation sites is 1. The maximum Gasteiger partial charge on any atom is 0.306 e. The molecule has 0 saturated carbocycles. The molecule has 0 radical (unpaired) electrons. The smallest absolute Gasteiger partial charge is 0.306 e. The summed E-state index contributed by atoms with van der Waals surface area (Å²) in [6, 6.07) is 13.6. The van der Waals surface area contributed by atoms with Gasteiger partial charge in [-0.1, -0.05) is 28.1 Å². The fourth-order valence-electron chi connectivity index (χ4n) is 2.33. The van der Waals surface area contributed by atoms with Crippen LogP contribution in [0, 0.1) is 0 Å². The van der Waals surface area contributed by atoms with Crippen molar-refractivity contribution in [3.8, 4) is 5.75 Å². The Morgan fingerprint density at radius 3 is 2.88 bits per heavy atom. The van der Waals surface area contributed by atoms with E-state index < -0.39 is 0 Å². The Bertz CT molecular complexity index is 829. The molecule has 0 bridgehead atoms. The van der Waals surface area contributed by atoms with Crippen molar-refractivity contribution < 1.29 is 14.3 Å². The van der Waals surface area contributed by atoms with Crippen LogP contribution in [0.2, 0.25) is 0 Å². The zero-order chi connectivity index (χ0) is 16.9. The summed E-state index contributed by atoms with van der Waals surface area (Å²) in [4.78, 5) is 16.5. The summed E-state index contributed by atoms with van der Waals surface area (Å²) < 4.78 is 12.7. The summed E-state index contributed by atoms with van der Waals surface area (Å²) in [5.41, 5.74) is 1.81. The topological polar surface area (TPSA) is 48.4 Å². The molecule has 1 heterocycles. The quantitative estimate of drug-likeness (QED) is 0.555. The Morgan fingerprint density at radius 1 is 1.25 bits per heavy atom. The molecule has 0 amide bonds. The van der Waals surface area contributed by atoms with E-state index in [2.05, 4.69) is 20.9 Å². The van der Waals surface area contributed by atoms with Gasteiger partial charge in [-0.25, -0.2) is 4.98 Å². The lowest BCUT2D eigenvalue weighted by atomic mass is 10.2. The molecule has 6 heteroatoms. The van der Waals surface area contributed by atoms with Gasteiger partial charge in [0.05, 0.1) is 28.8 Å². The minimum Gasteiger partial charge on any atom is -0.496 e. The summed E-state index contributed by atoms with van der Waals surface area (Å²) in [6.07, 6.45) is 0.907. The van der Waals surface area contributed by atoms with Crippen LogP contribution in [0.5, 0.6) is 5.75 Å². The summed E-state index contributed by atoms with van der Waals surface area (Å²) in [5.74, 6) is 0.466. The maximum absolute atomic E-state index is 12.0. The Balaban J connectivity index is 1.55. The fraction of sp³-hybridized carbons (Fsp3) is 0.222. The van der Waals surface area contributed by atoms with E-state index in [0.717, 1.165) is 25.3 Å². The van der Waals surface area contributed by atoms with Gasteiger partial charge in [-0.2, -0.15) is 0 Å². The van der Waals surface area contributed by atoms with Crippen LogP contribution >= 0.6 is 27.3 Å². The van der Waals surface area contributed by atoms with E-state index in [1.54, 1.807) is 18.4 Å². The number of methoxy groups -OCH3 is 1. The highest BCUT2D eigenvalue weighted by molar-refractivity contribution is 9.10. The van der Waals surface area contributed by atoms with E-state index in [4.69, 9.17) is 9.47 Å². The summed E-state index contributed by atoms with van der Waals surface area (Å²) >= 11 is 5.02. The van der Waals surface area contributed by atoms with Crippen LogP contribution in [0.4, 0.5) is 0 Å². The molecule has 0 N–H and O–H groups in total. The molecular weight excluding hydrogens is 390 g/mol. The third kappa shape index (κ3) is 4.13. The molecular formula is C18H16BrNO3S. The van der Waals surface area contributed by atoms with Crippen LogP contribution < -0.4 is 4.74 Å². The van der Waals surface area contributed by atoms with Crippen molar-refractivity contribution in [1.29, 1.82) is 0 Å². The predicted octanol–water partition coefficient (Wildman–Crippen LogP) is 4.74. The average Bonchev–Trinajstić information content (AvgIpc) is 3.01. The minimum atomic E-state index is -0.240. The van der Waals surface area contributed by atoms with E-state index in [0.29, 0.717) is 18.6 Å². The number of aromatic nitrogens is 1. The van der Waals surface area contributed by atoms with Crippen molar-refractivity contribution in [2.24, 2.45) is 0 Å². The monoisotopic (exact) mass is 405 g/mol. The molecule has 24 heavy (non-hydrogen) atoms. The summed E-state index contributed by atoms with van der Waals surface area (Å²) in [5, 5.41) is 0.952. The van der Waals surface area contributed by atoms with E-state index in [-0.39, 0.29) is 12.6 Å². The number of aryl methyl sites for hydroxylation is 1. The second-order valence-corrected chi connectivity index (χ2v) is 7.22. The molecule has 4 nitrogen and oxygen atoms in total. The van der Waals surface area contributed by atoms with Crippen molar-refractivity contribution in [3.63, 3.8) is 0 Å². The molecule has 0 saturated heterocycles. The first-order valence-electron chi connectivity index (χ1n) is 7.48. The first-order chi connectivity index (χ1) is 11.7. The Kier molecular flexibility index (Phi) is 5.48. The minimum absolute atomic E-state index is 0.196. The number of rotatable bonds is 6. The van der Waals surface area contributed by atoms with Crippen LogP contribution in [-0.4, -0.2) is 18.1 Å². The summed E-state index contributed by atoms with van der Waals surface area (Å²) in [7, 11) is 1.60. The van der Waals surface area contributed by atoms with Crippen molar-refractivity contribution in [2.75, 3.05) is 7.11 Å². The lowest BCUT2D eigenvalue weighted by molar-refractivity contribution is -0.144. The number of hydrogen-bond acceptors (Lipinski definition) is 5. The maximum atomic E-state index is 12.0. The highest BCUT2D eigenvalue weighted by Gasteiger charge is 2.10. The van der Waals surface area contributed by atoms with E-state index in [9.17, 15) is 4.79 Å². The number of esters is 1. The second kappa shape index (κ2) is 7.77. The molecule has 0 fully saturated rings. The highest BCUT2D eigenvalue weighted by atomic mass is 79.9. The zero-order valence-corrected chi connectivity index (χ0v) is 15.5. The van der Waals surface area contributed by atoms with Crippen LogP contribution in [0.15, 0.2) is 46.9 Å². The number of fused-ring (bicyclic) bond motifs is 1. The Labute approximate surface area is 152 Å². The van der Waals surface area contributed by atoms with Crippen molar-refractivity contribution in [3.05, 3.63) is 57.5 Å². The van der Waals surface area contributed by atoms with Gasteiger partial charge in [-0.05, 0) is 30.3 Å². The number of hydrogen-bond donors (Lipinski definition) is 0. The van der Waals surface area contributed by atoms with E-state index >= 15 is 0 Å². The number of nitrogens with zero attached hydrogens (tertiary/aromatic N) is 1. The van der Waals surface area contributed by atoms with Crippen molar-refractivity contribution in [2.45, 2.75) is 19.4 Å². The van der Waals surface area contributed by atoms with Crippen LogP contribution in [0.1, 0.15) is 17.0 Å². The lowest BCUT2D eigenvalue weighted by Gasteiger charge is -2.09. The molecule has 0 aliphatic carbocycles. The predicted molar refractivity (Wildman–Crippen MR) is 98.4 cm³/mol. The number of ether oxygens (including phenoxy) is 2. The first kappa shape index (κ1) is 16.9. The second-order valence-electron chi connectivity index (χ2n) is 5.19. The number of carbonyl (C=O) groups excluding carboxylic acids is 1. The van der Waals surface area contributed by atoms with Gasteiger partial charge < -0.3 is 9.47 Å². The molecule has 0 aliphatic heterocycles. The van der Waals surface area contributed by atoms with Gasteiger partial charge in [0, 0.05) is 16.5 Å². The molecule has 3 rings (SSSR count). The number of carbonyl (C=O) groups is 1. The molecule has 1 aromatic heterocycles. The summed E-state index contributed by atoms with van der Waals surface area (Å²) in [6.45, 7) is 0.196. The normalized spacial score (nSPS) is 10.8. The third-order valence-electron chi connectivity index (χ3n) is 3.51. The Hall–Kier alpha value is -1.92. The number of benzene rings is 2. The zero-order valence-electron chi connectivity index (χ0n) is 13.1. The third-order valence-corrected chi connectivity index (χ3v) is 5.10. The van der Waals surface area contributed by atoms with Crippen molar-refractivity contribution >= 4 is 43.5 Å². The van der Waals surface area contributed by atoms with E-state index in [1.807, 2.05) is 42.5 Å². The average molecular weight is 406 g/mol. The van der Waals surface area contributed by atoms with Gasteiger partial charge in [0.1, 0.15) is 12.4 Å². The van der Waals surface area contributed by atoms with Crippen molar-refractivity contribution in [1.82, 2.24) is 4.98 Å². The molecule has 0 spiro atoms. The van der Waals surface area contributed by atoms with Gasteiger partial charge in [0.15, 0.2) is 0 Å². The number of thiazole rings is 1. The SMILES string of the molecule is COc1ccc(Br)cc1COC(=O)CCc1nc2ccccc2s1. The van der Waals surface area contributed by atoms with Crippen LogP contribution in [-0.2, 0) is 22.6 Å². The first-order valence-corrected chi connectivity index (χ1v) is 9.09. The molecule has 0 aliphatic rings. The van der Waals surface area contributed by atoms with Crippen LogP contribution in [0.25, 0.3) is 10.2 Å². The highest BCUT2D eigenvalue weighted by Crippen LogP contribution is 2.24. The molecule has 124 valence electrons. The molecule has 0 atom stereocenters. The molecule has 2 aromatic carbocycles. The standard InChI is InChI=1S/C18H16BrNO3S/c1-22-15-7-6-13(19)10-12(15)11-23-18(21)9-8-17-20-14-4-2-3-5-16(14)24-17/h2-7,10H,8-9,11H2,1H3. The number of halogens is 1. The van der Waals surface area contributed by atoms with Gasteiger partial charge >= 0.3 is 5.97 Å². The largest absolute Gasteiger partial charge is 0.496 e. The van der Waals surface area contributed by atoms with Gasteiger partial charge in [-0.15, -0.1) is 11.3 Å². The van der Waals surface area contributed by atoms with Gasteiger partial charge in [0.25, 0.3) is 0 Å². The Morgan fingerprint density at radius 2 is 2.08 bits per heavy atom. The fourth-order valence-corrected chi connectivity index (χ4v) is 3.70. The van der Waals surface area contributed by atoms with E-state index in [1.165, 1.54) is 0 Å². The van der Waals surface area contributed by atoms with Crippen LogP contribution in [0.3, 0.4) is 0 Å². The molecule has 3 aromatic rings. The van der Waals surface area contributed by atoms with Gasteiger partial charge in [0.2, 0.25) is 0 Å². The molecule has 0 unspecified atom stereocenters. The van der Waals surface area contributed by atoms with Gasteiger partial charge in [-0.3, -0.25) is 4.79 Å². The lowest BCUT2D eigenvalue weighted by Crippen LogP contribution is -2.06.